The Morgan fingerprint density at radius 2 is 2.14 bits per heavy atom. The van der Waals surface area contributed by atoms with Crippen molar-refractivity contribution in [1.29, 1.82) is 0 Å². The molecule has 5 nitrogen and oxygen atoms in total. The van der Waals surface area contributed by atoms with Crippen molar-refractivity contribution in [1.82, 2.24) is 5.32 Å². The first-order valence-electron chi connectivity index (χ1n) is 7.02. The molecule has 2 rings (SSSR count). The van der Waals surface area contributed by atoms with E-state index in [1.54, 1.807) is 18.2 Å². The summed E-state index contributed by atoms with van der Waals surface area (Å²) in [4.78, 5) is 22.7. The van der Waals surface area contributed by atoms with E-state index in [1.807, 2.05) is 12.1 Å². The fraction of sp³-hybridized carbons (Fsp3) is 0.375. The molecule has 0 aromatic heterocycles. The van der Waals surface area contributed by atoms with Gasteiger partial charge in [-0.15, -0.1) is 0 Å². The number of anilines is 1. The molecule has 0 spiro atoms. The first-order chi connectivity index (χ1) is 9.99. The summed E-state index contributed by atoms with van der Waals surface area (Å²) in [7, 11) is 0. The number of carboxylic acid groups (broad SMARTS) is 1. The largest absolute Gasteiger partial charge is 0.481 e. The third kappa shape index (κ3) is 4.34. The summed E-state index contributed by atoms with van der Waals surface area (Å²) in [5, 5.41) is 11.7. The highest BCUT2D eigenvalue weighted by Gasteiger charge is 2.38. The summed E-state index contributed by atoms with van der Waals surface area (Å²) < 4.78 is 0. The van der Waals surface area contributed by atoms with Crippen LogP contribution < -0.4 is 11.1 Å². The van der Waals surface area contributed by atoms with E-state index in [4.69, 9.17) is 10.8 Å². The van der Waals surface area contributed by atoms with Crippen LogP contribution in [0.3, 0.4) is 0 Å². The SMILES string of the molecule is Nc1cccc(/C=C/C(=O)NCC2(CC(=O)O)CCC2)c1. The number of nitrogens with two attached hydrogens (primary N) is 1. The molecule has 1 aromatic carbocycles. The predicted molar refractivity (Wildman–Crippen MR) is 81.4 cm³/mol. The maximum absolute atomic E-state index is 11.8. The highest BCUT2D eigenvalue weighted by Crippen LogP contribution is 2.43. The van der Waals surface area contributed by atoms with Gasteiger partial charge in [0.2, 0.25) is 5.91 Å². The van der Waals surface area contributed by atoms with Crippen molar-refractivity contribution in [3.63, 3.8) is 0 Å². The van der Waals surface area contributed by atoms with Crippen LogP contribution in [0.2, 0.25) is 0 Å². The van der Waals surface area contributed by atoms with Crippen molar-refractivity contribution in [2.75, 3.05) is 12.3 Å². The molecule has 112 valence electrons. The molecule has 0 bridgehead atoms. The smallest absolute Gasteiger partial charge is 0.303 e. The fourth-order valence-corrected chi connectivity index (χ4v) is 2.58. The summed E-state index contributed by atoms with van der Waals surface area (Å²) in [6.07, 6.45) is 6.00. The van der Waals surface area contributed by atoms with Crippen LogP contribution in [0.5, 0.6) is 0 Å². The lowest BCUT2D eigenvalue weighted by Crippen LogP contribution is -2.43. The molecule has 1 fully saturated rings. The lowest BCUT2D eigenvalue weighted by molar-refractivity contribution is -0.141. The number of nitrogens with one attached hydrogen (secondary N) is 1. The number of benzene rings is 1. The number of hydrogen-bond acceptors (Lipinski definition) is 3. The minimum atomic E-state index is -0.806. The van der Waals surface area contributed by atoms with Gasteiger partial charge in [-0.1, -0.05) is 18.6 Å². The van der Waals surface area contributed by atoms with Crippen molar-refractivity contribution in [3.8, 4) is 0 Å². The minimum absolute atomic E-state index is 0.117. The average molecular weight is 288 g/mol. The predicted octanol–water partition coefficient (Wildman–Crippen LogP) is 2.04. The average Bonchev–Trinajstić information content (AvgIpc) is 2.39. The van der Waals surface area contributed by atoms with Gasteiger partial charge in [-0.25, -0.2) is 0 Å². The van der Waals surface area contributed by atoms with Crippen molar-refractivity contribution >= 4 is 23.6 Å². The van der Waals surface area contributed by atoms with Gasteiger partial charge in [0.05, 0.1) is 6.42 Å². The zero-order chi connectivity index (χ0) is 15.3. The Balaban J connectivity index is 1.86. The van der Waals surface area contributed by atoms with E-state index < -0.39 is 5.97 Å². The molecule has 1 aliphatic rings. The highest BCUT2D eigenvalue weighted by atomic mass is 16.4. The van der Waals surface area contributed by atoms with E-state index >= 15 is 0 Å². The molecule has 21 heavy (non-hydrogen) atoms. The van der Waals surface area contributed by atoms with Crippen LogP contribution >= 0.6 is 0 Å². The van der Waals surface area contributed by atoms with E-state index in [2.05, 4.69) is 5.32 Å². The zero-order valence-corrected chi connectivity index (χ0v) is 11.8. The fourth-order valence-electron chi connectivity index (χ4n) is 2.58. The van der Waals surface area contributed by atoms with Gasteiger partial charge in [0.15, 0.2) is 0 Å². The number of amides is 1. The zero-order valence-electron chi connectivity index (χ0n) is 11.8. The van der Waals surface area contributed by atoms with Crippen LogP contribution in [-0.2, 0) is 9.59 Å². The van der Waals surface area contributed by atoms with E-state index in [0.717, 1.165) is 24.8 Å². The Morgan fingerprint density at radius 1 is 1.38 bits per heavy atom. The molecule has 4 N–H and O–H groups in total. The van der Waals surface area contributed by atoms with Crippen LogP contribution in [0, 0.1) is 5.41 Å². The second-order valence-electron chi connectivity index (χ2n) is 5.65. The first-order valence-corrected chi connectivity index (χ1v) is 7.02. The summed E-state index contributed by atoms with van der Waals surface area (Å²) in [5.74, 6) is -1.02. The van der Waals surface area contributed by atoms with Crippen molar-refractivity contribution < 1.29 is 14.7 Å². The molecule has 1 aromatic rings. The molecule has 0 aliphatic heterocycles. The number of aliphatic carboxylic acids is 1. The quantitative estimate of drug-likeness (QED) is 0.551. The van der Waals surface area contributed by atoms with Crippen molar-refractivity contribution in [2.45, 2.75) is 25.7 Å². The molecule has 1 amide bonds. The van der Waals surface area contributed by atoms with E-state index in [-0.39, 0.29) is 17.7 Å². The molecule has 1 saturated carbocycles. The molecular weight excluding hydrogens is 268 g/mol. The molecule has 5 heteroatoms. The maximum Gasteiger partial charge on any atom is 0.303 e. The molecule has 0 unspecified atom stereocenters. The minimum Gasteiger partial charge on any atom is -0.481 e. The van der Waals surface area contributed by atoms with Gasteiger partial charge in [-0.05, 0) is 42.0 Å². The van der Waals surface area contributed by atoms with Crippen LogP contribution in [0.1, 0.15) is 31.2 Å². The number of carboxylic acids is 1. The first kappa shape index (κ1) is 15.1. The van der Waals surface area contributed by atoms with Gasteiger partial charge in [-0.2, -0.15) is 0 Å². The lowest BCUT2D eigenvalue weighted by atomic mass is 9.66. The molecule has 0 radical (unpaired) electrons. The van der Waals surface area contributed by atoms with E-state index in [1.165, 1.54) is 6.08 Å². The summed E-state index contributed by atoms with van der Waals surface area (Å²) in [5.41, 5.74) is 6.91. The standard InChI is InChI=1S/C16H20N2O3/c17-13-4-1-3-12(9-13)5-6-14(19)18-11-16(7-2-8-16)10-15(20)21/h1,3-6,9H,2,7-8,10-11,17H2,(H,18,19)(H,20,21)/b6-5+. The van der Waals surface area contributed by atoms with Gasteiger partial charge in [0.25, 0.3) is 0 Å². The number of carbonyl (C=O) groups excluding carboxylic acids is 1. The molecule has 1 aliphatic carbocycles. The monoisotopic (exact) mass is 288 g/mol. The van der Waals surface area contributed by atoms with Crippen LogP contribution in [0.25, 0.3) is 6.08 Å². The second kappa shape index (κ2) is 6.43. The summed E-state index contributed by atoms with van der Waals surface area (Å²) >= 11 is 0. The van der Waals surface area contributed by atoms with Crippen molar-refractivity contribution in [2.24, 2.45) is 5.41 Å². The Morgan fingerprint density at radius 3 is 2.71 bits per heavy atom. The second-order valence-corrected chi connectivity index (χ2v) is 5.65. The third-order valence-corrected chi connectivity index (χ3v) is 3.92. The van der Waals surface area contributed by atoms with Crippen LogP contribution in [0.4, 0.5) is 5.69 Å². The number of nitrogen functional groups attached to an aromatic ring is 1. The summed E-state index contributed by atoms with van der Waals surface area (Å²) in [6.45, 7) is 0.416. The molecular formula is C16H20N2O3. The van der Waals surface area contributed by atoms with Crippen LogP contribution in [0.15, 0.2) is 30.3 Å². The Bertz CT molecular complexity index is 562. The highest BCUT2D eigenvalue weighted by molar-refractivity contribution is 5.91. The van der Waals surface area contributed by atoms with E-state index in [9.17, 15) is 9.59 Å². The van der Waals surface area contributed by atoms with Gasteiger partial charge in [0, 0.05) is 18.3 Å². The molecule has 0 heterocycles. The van der Waals surface area contributed by atoms with E-state index in [0.29, 0.717) is 12.2 Å². The Labute approximate surface area is 123 Å². The Hall–Kier alpha value is -2.30. The third-order valence-electron chi connectivity index (χ3n) is 3.92. The molecule has 0 atom stereocenters. The number of rotatable bonds is 6. The number of carbonyl (C=O) groups is 2. The van der Waals surface area contributed by atoms with Gasteiger partial charge >= 0.3 is 5.97 Å². The van der Waals surface area contributed by atoms with Crippen molar-refractivity contribution in [3.05, 3.63) is 35.9 Å². The van der Waals surface area contributed by atoms with Gasteiger partial charge in [-0.3, -0.25) is 9.59 Å². The number of hydrogen-bond donors (Lipinski definition) is 3. The summed E-state index contributed by atoms with van der Waals surface area (Å²) in [6, 6.07) is 7.24. The van der Waals surface area contributed by atoms with Gasteiger partial charge in [0.1, 0.15) is 0 Å². The Kier molecular flexibility index (Phi) is 4.62. The normalized spacial score (nSPS) is 16.4. The van der Waals surface area contributed by atoms with Gasteiger partial charge < -0.3 is 16.2 Å². The topological polar surface area (TPSA) is 92.4 Å². The van der Waals surface area contributed by atoms with Crippen LogP contribution in [-0.4, -0.2) is 23.5 Å². The molecule has 0 saturated heterocycles. The lowest BCUT2D eigenvalue weighted by Gasteiger charge is -2.40. The maximum atomic E-state index is 11.8.